The predicted octanol–water partition coefficient (Wildman–Crippen LogP) is 2.48. The maximum Gasteiger partial charge on any atom is 0.137 e. The monoisotopic (exact) mass is 289 g/mol. The fourth-order valence-corrected chi connectivity index (χ4v) is 1.94. The van der Waals surface area contributed by atoms with Gasteiger partial charge in [-0.3, -0.25) is 0 Å². The van der Waals surface area contributed by atoms with Gasteiger partial charge < -0.3 is 10.8 Å². The average Bonchev–Trinajstić information content (AvgIpc) is 2.23. The summed E-state index contributed by atoms with van der Waals surface area (Å²) in [6.07, 6.45) is 0.431. The van der Waals surface area contributed by atoms with Crippen molar-refractivity contribution in [1.82, 2.24) is 0 Å². The Morgan fingerprint density at radius 1 is 1.50 bits per heavy atom. The molecule has 0 aliphatic heterocycles. The summed E-state index contributed by atoms with van der Waals surface area (Å²) in [5.41, 5.74) is 5.52. The summed E-state index contributed by atoms with van der Waals surface area (Å²) < 4.78 is 13.4. The molecule has 0 heterocycles. The van der Waals surface area contributed by atoms with Crippen molar-refractivity contribution < 1.29 is 9.50 Å². The fraction of sp³-hybridized carbons (Fsp3) is 0.500. The Hall–Kier alpha value is -0.450. The lowest BCUT2D eigenvalue weighted by Gasteiger charge is -2.31. The first kappa shape index (κ1) is 13.6. The van der Waals surface area contributed by atoms with Gasteiger partial charge in [0.1, 0.15) is 5.82 Å². The Kier molecular flexibility index (Phi) is 4.47. The Balaban J connectivity index is 2.90. The van der Waals surface area contributed by atoms with Gasteiger partial charge in [-0.2, -0.15) is 0 Å². The topological polar surface area (TPSA) is 46.2 Å². The minimum absolute atomic E-state index is 0.0568. The highest BCUT2D eigenvalue weighted by Crippen LogP contribution is 2.24. The molecule has 90 valence electrons. The molecule has 0 amide bonds. The van der Waals surface area contributed by atoms with Gasteiger partial charge in [0.15, 0.2) is 0 Å². The van der Waals surface area contributed by atoms with Crippen LogP contribution in [0.2, 0.25) is 0 Å². The number of benzene rings is 1. The van der Waals surface area contributed by atoms with Crippen molar-refractivity contribution >= 4 is 15.9 Å². The molecule has 1 atom stereocenters. The van der Waals surface area contributed by atoms with Gasteiger partial charge in [0, 0.05) is 13.0 Å². The van der Waals surface area contributed by atoms with E-state index in [1.54, 1.807) is 12.1 Å². The van der Waals surface area contributed by atoms with Gasteiger partial charge in [0.05, 0.1) is 10.1 Å². The molecule has 0 saturated heterocycles. The highest BCUT2D eigenvalue weighted by atomic mass is 79.9. The normalized spacial score (nSPS) is 15.2. The van der Waals surface area contributed by atoms with Crippen molar-refractivity contribution in [3.8, 4) is 0 Å². The standard InChI is InChI=1S/C12H17BrFNO/c1-8(2)12(16,7-15)6-9-3-4-11(14)10(13)5-9/h3-5,8,16H,6-7,15H2,1-2H3. The molecule has 3 N–H and O–H groups in total. The molecule has 0 spiro atoms. The predicted molar refractivity (Wildman–Crippen MR) is 66.6 cm³/mol. The lowest BCUT2D eigenvalue weighted by molar-refractivity contribution is 0.00405. The number of hydrogen-bond donors (Lipinski definition) is 2. The second kappa shape index (κ2) is 5.25. The Morgan fingerprint density at radius 3 is 2.56 bits per heavy atom. The molecule has 1 aromatic carbocycles. The maximum atomic E-state index is 13.0. The maximum absolute atomic E-state index is 13.0. The summed E-state index contributed by atoms with van der Waals surface area (Å²) in [5, 5.41) is 10.3. The van der Waals surface area contributed by atoms with Crippen LogP contribution >= 0.6 is 15.9 Å². The molecule has 16 heavy (non-hydrogen) atoms. The molecule has 0 fully saturated rings. The number of nitrogens with two attached hydrogens (primary N) is 1. The molecule has 0 aliphatic rings. The molecular weight excluding hydrogens is 273 g/mol. The molecule has 0 saturated carbocycles. The molecule has 0 aromatic heterocycles. The van der Waals surface area contributed by atoms with Crippen molar-refractivity contribution in [3.05, 3.63) is 34.1 Å². The van der Waals surface area contributed by atoms with Crippen LogP contribution in [0.15, 0.2) is 22.7 Å². The Bertz CT molecular complexity index is 370. The summed E-state index contributed by atoms with van der Waals surface area (Å²) in [7, 11) is 0. The number of hydrogen-bond acceptors (Lipinski definition) is 2. The van der Waals surface area contributed by atoms with Crippen LogP contribution in [0, 0.1) is 11.7 Å². The number of rotatable bonds is 4. The van der Waals surface area contributed by atoms with Crippen molar-refractivity contribution in [3.63, 3.8) is 0 Å². The molecule has 0 aliphatic carbocycles. The van der Waals surface area contributed by atoms with Crippen LogP contribution in [-0.4, -0.2) is 17.3 Å². The Labute approximate surface area is 104 Å². The van der Waals surface area contributed by atoms with E-state index in [-0.39, 0.29) is 18.3 Å². The van der Waals surface area contributed by atoms with Gasteiger partial charge in [-0.05, 0) is 39.5 Å². The first-order chi connectivity index (χ1) is 7.39. The van der Waals surface area contributed by atoms with Crippen LogP contribution in [0.4, 0.5) is 4.39 Å². The van der Waals surface area contributed by atoms with Gasteiger partial charge in [-0.15, -0.1) is 0 Å². The molecular formula is C12H17BrFNO. The van der Waals surface area contributed by atoms with Crippen LogP contribution < -0.4 is 5.73 Å². The van der Waals surface area contributed by atoms with Crippen LogP contribution in [0.3, 0.4) is 0 Å². The first-order valence-corrected chi connectivity index (χ1v) is 6.04. The van der Waals surface area contributed by atoms with Crippen molar-refractivity contribution in [2.75, 3.05) is 6.54 Å². The van der Waals surface area contributed by atoms with E-state index >= 15 is 0 Å². The summed E-state index contributed by atoms with van der Waals surface area (Å²) in [4.78, 5) is 0. The van der Waals surface area contributed by atoms with E-state index in [0.29, 0.717) is 10.9 Å². The third-order valence-corrected chi connectivity index (χ3v) is 3.53. The van der Waals surface area contributed by atoms with E-state index in [1.165, 1.54) is 6.07 Å². The van der Waals surface area contributed by atoms with E-state index in [4.69, 9.17) is 5.73 Å². The zero-order valence-electron chi connectivity index (χ0n) is 9.50. The van der Waals surface area contributed by atoms with Crippen LogP contribution in [0.1, 0.15) is 19.4 Å². The van der Waals surface area contributed by atoms with Gasteiger partial charge in [0.25, 0.3) is 0 Å². The van der Waals surface area contributed by atoms with Crippen molar-refractivity contribution in [2.24, 2.45) is 11.7 Å². The van der Waals surface area contributed by atoms with Gasteiger partial charge in [-0.25, -0.2) is 4.39 Å². The van der Waals surface area contributed by atoms with E-state index in [1.807, 2.05) is 13.8 Å². The largest absolute Gasteiger partial charge is 0.388 e. The number of halogens is 2. The van der Waals surface area contributed by atoms with Crippen LogP contribution in [0.25, 0.3) is 0 Å². The van der Waals surface area contributed by atoms with Crippen molar-refractivity contribution in [2.45, 2.75) is 25.9 Å². The fourth-order valence-electron chi connectivity index (χ4n) is 1.52. The summed E-state index contributed by atoms with van der Waals surface area (Å²) in [6.45, 7) is 4.04. The molecule has 1 aromatic rings. The quantitative estimate of drug-likeness (QED) is 0.895. The molecule has 0 bridgehead atoms. The van der Waals surface area contributed by atoms with E-state index in [0.717, 1.165) is 5.56 Å². The summed E-state index contributed by atoms with van der Waals surface area (Å²) in [6, 6.07) is 4.73. The van der Waals surface area contributed by atoms with Gasteiger partial charge in [0.2, 0.25) is 0 Å². The average molecular weight is 290 g/mol. The zero-order chi connectivity index (χ0) is 12.3. The first-order valence-electron chi connectivity index (χ1n) is 5.25. The number of aliphatic hydroxyl groups is 1. The molecule has 0 radical (unpaired) electrons. The lowest BCUT2D eigenvalue weighted by atomic mass is 9.84. The van der Waals surface area contributed by atoms with Gasteiger partial charge >= 0.3 is 0 Å². The van der Waals surface area contributed by atoms with Crippen LogP contribution in [-0.2, 0) is 6.42 Å². The zero-order valence-corrected chi connectivity index (χ0v) is 11.1. The SMILES string of the molecule is CC(C)C(O)(CN)Cc1ccc(F)c(Br)c1. The van der Waals surface area contributed by atoms with E-state index in [2.05, 4.69) is 15.9 Å². The molecule has 1 unspecified atom stereocenters. The Morgan fingerprint density at radius 2 is 2.12 bits per heavy atom. The molecule has 1 rings (SSSR count). The summed E-state index contributed by atoms with van der Waals surface area (Å²) >= 11 is 3.12. The minimum atomic E-state index is -0.933. The summed E-state index contributed by atoms with van der Waals surface area (Å²) in [5.74, 6) is -0.245. The third-order valence-electron chi connectivity index (χ3n) is 2.92. The van der Waals surface area contributed by atoms with Gasteiger partial charge in [-0.1, -0.05) is 19.9 Å². The van der Waals surface area contributed by atoms with E-state index < -0.39 is 5.60 Å². The smallest absolute Gasteiger partial charge is 0.137 e. The van der Waals surface area contributed by atoms with Crippen LogP contribution in [0.5, 0.6) is 0 Å². The second-order valence-corrected chi connectivity index (χ2v) is 5.24. The minimum Gasteiger partial charge on any atom is -0.388 e. The third kappa shape index (κ3) is 3.03. The molecule has 2 nitrogen and oxygen atoms in total. The molecule has 4 heteroatoms. The highest BCUT2D eigenvalue weighted by Gasteiger charge is 2.29. The highest BCUT2D eigenvalue weighted by molar-refractivity contribution is 9.10. The second-order valence-electron chi connectivity index (χ2n) is 4.39. The van der Waals surface area contributed by atoms with Crippen molar-refractivity contribution in [1.29, 1.82) is 0 Å². The van der Waals surface area contributed by atoms with E-state index in [9.17, 15) is 9.50 Å². The lowest BCUT2D eigenvalue weighted by Crippen LogP contribution is -2.44.